The lowest BCUT2D eigenvalue weighted by Gasteiger charge is -2.29. The molecule has 4 nitrogen and oxygen atoms in total. The summed E-state index contributed by atoms with van der Waals surface area (Å²) < 4.78 is 29.0. The topological polar surface area (TPSA) is 49.8 Å². The molecule has 0 heterocycles. The van der Waals surface area contributed by atoms with Crippen molar-refractivity contribution in [3.05, 3.63) is 0 Å². The van der Waals surface area contributed by atoms with E-state index in [1.54, 1.807) is 13.8 Å². The highest BCUT2D eigenvalue weighted by Crippen LogP contribution is 2.19. The SMILES string of the molecule is COC(=O)C(C)(C)CN(CCO)CC(F)F. The van der Waals surface area contributed by atoms with Gasteiger partial charge in [0.2, 0.25) is 0 Å². The number of hydrogen-bond donors (Lipinski definition) is 1. The summed E-state index contributed by atoms with van der Waals surface area (Å²) in [6, 6.07) is 0. The predicted octanol–water partition coefficient (Wildman–Crippen LogP) is 0.745. The van der Waals surface area contributed by atoms with E-state index >= 15 is 0 Å². The van der Waals surface area contributed by atoms with Gasteiger partial charge in [-0.1, -0.05) is 0 Å². The molecule has 0 saturated carbocycles. The number of rotatable bonds is 7. The molecular formula is C10H19F2NO3. The zero-order chi connectivity index (χ0) is 12.8. The van der Waals surface area contributed by atoms with Crippen LogP contribution in [0.1, 0.15) is 13.8 Å². The molecule has 0 unspecified atom stereocenters. The summed E-state index contributed by atoms with van der Waals surface area (Å²) in [5.74, 6) is -0.454. The molecule has 0 aromatic heterocycles. The maximum Gasteiger partial charge on any atom is 0.312 e. The number of carbonyl (C=O) groups excluding carboxylic acids is 1. The standard InChI is InChI=1S/C10H19F2NO3/c1-10(2,9(15)16-3)7-13(4-5-14)6-8(11)12/h8,14H,4-7H2,1-3H3. The molecule has 16 heavy (non-hydrogen) atoms. The summed E-state index contributed by atoms with van der Waals surface area (Å²) in [4.78, 5) is 12.7. The van der Waals surface area contributed by atoms with E-state index in [1.165, 1.54) is 12.0 Å². The average molecular weight is 239 g/mol. The molecule has 0 fully saturated rings. The first-order valence-corrected chi connectivity index (χ1v) is 5.03. The number of nitrogens with zero attached hydrogens (tertiary/aromatic N) is 1. The second kappa shape index (κ2) is 6.75. The van der Waals surface area contributed by atoms with Crippen molar-refractivity contribution in [2.24, 2.45) is 5.41 Å². The van der Waals surface area contributed by atoms with E-state index in [0.29, 0.717) is 0 Å². The lowest BCUT2D eigenvalue weighted by molar-refractivity contribution is -0.152. The Morgan fingerprint density at radius 2 is 2.06 bits per heavy atom. The van der Waals surface area contributed by atoms with Gasteiger partial charge in [0.05, 0.1) is 25.7 Å². The maximum absolute atomic E-state index is 12.2. The first-order chi connectivity index (χ1) is 7.33. The summed E-state index contributed by atoms with van der Waals surface area (Å²) in [7, 11) is 1.26. The first-order valence-electron chi connectivity index (χ1n) is 5.03. The van der Waals surface area contributed by atoms with E-state index in [-0.39, 0.29) is 19.7 Å². The third kappa shape index (κ3) is 5.37. The van der Waals surface area contributed by atoms with Crippen LogP contribution in [-0.2, 0) is 9.53 Å². The highest BCUT2D eigenvalue weighted by atomic mass is 19.3. The molecule has 0 atom stereocenters. The highest BCUT2D eigenvalue weighted by Gasteiger charge is 2.31. The van der Waals surface area contributed by atoms with Crippen molar-refractivity contribution in [2.75, 3.05) is 33.4 Å². The fourth-order valence-electron chi connectivity index (χ4n) is 1.47. The lowest BCUT2D eigenvalue weighted by Crippen LogP contribution is -2.43. The Kier molecular flexibility index (Phi) is 6.43. The van der Waals surface area contributed by atoms with Crippen LogP contribution in [0.5, 0.6) is 0 Å². The molecule has 0 bridgehead atoms. The molecular weight excluding hydrogens is 220 g/mol. The Hall–Kier alpha value is -0.750. The summed E-state index contributed by atoms with van der Waals surface area (Å²) in [5, 5.41) is 8.74. The maximum atomic E-state index is 12.2. The molecule has 96 valence electrons. The minimum absolute atomic E-state index is 0.116. The molecule has 0 aliphatic heterocycles. The monoisotopic (exact) mass is 239 g/mol. The Balaban J connectivity index is 4.41. The van der Waals surface area contributed by atoms with Gasteiger partial charge in [0, 0.05) is 13.1 Å². The number of carbonyl (C=O) groups is 1. The number of aliphatic hydroxyl groups is 1. The Labute approximate surface area is 94.2 Å². The van der Waals surface area contributed by atoms with E-state index < -0.39 is 24.4 Å². The largest absolute Gasteiger partial charge is 0.469 e. The Morgan fingerprint density at radius 1 is 1.50 bits per heavy atom. The molecule has 0 saturated heterocycles. The molecule has 0 spiro atoms. The van der Waals surface area contributed by atoms with Crippen molar-refractivity contribution < 1.29 is 23.4 Å². The fraction of sp³-hybridized carbons (Fsp3) is 0.900. The van der Waals surface area contributed by atoms with Gasteiger partial charge in [-0.25, -0.2) is 8.78 Å². The third-order valence-electron chi connectivity index (χ3n) is 2.17. The number of methoxy groups -OCH3 is 1. The van der Waals surface area contributed by atoms with Gasteiger partial charge in [-0.2, -0.15) is 0 Å². The van der Waals surface area contributed by atoms with Crippen molar-refractivity contribution >= 4 is 5.97 Å². The first kappa shape index (κ1) is 15.2. The van der Waals surface area contributed by atoms with E-state index in [2.05, 4.69) is 4.74 Å². The highest BCUT2D eigenvalue weighted by molar-refractivity contribution is 5.76. The molecule has 0 aromatic carbocycles. The van der Waals surface area contributed by atoms with Gasteiger partial charge in [-0.05, 0) is 13.8 Å². The minimum Gasteiger partial charge on any atom is -0.469 e. The van der Waals surface area contributed by atoms with Gasteiger partial charge in [0.25, 0.3) is 6.43 Å². The number of alkyl halides is 2. The van der Waals surface area contributed by atoms with Crippen molar-refractivity contribution in [2.45, 2.75) is 20.3 Å². The Bertz CT molecular complexity index is 222. The van der Waals surface area contributed by atoms with Crippen LogP contribution in [0, 0.1) is 5.41 Å². The van der Waals surface area contributed by atoms with Gasteiger partial charge >= 0.3 is 5.97 Å². The summed E-state index contributed by atoms with van der Waals surface area (Å²) in [5.41, 5.74) is -0.862. The van der Waals surface area contributed by atoms with Gasteiger partial charge in [-0.3, -0.25) is 9.69 Å². The van der Waals surface area contributed by atoms with E-state index in [1.807, 2.05) is 0 Å². The second-order valence-electron chi connectivity index (χ2n) is 4.23. The zero-order valence-corrected chi connectivity index (χ0v) is 9.87. The number of halogens is 2. The number of ether oxygens (including phenoxy) is 1. The van der Waals surface area contributed by atoms with Crippen LogP contribution >= 0.6 is 0 Å². The van der Waals surface area contributed by atoms with E-state index in [0.717, 1.165) is 0 Å². The fourth-order valence-corrected chi connectivity index (χ4v) is 1.47. The van der Waals surface area contributed by atoms with Gasteiger partial charge in [-0.15, -0.1) is 0 Å². The van der Waals surface area contributed by atoms with Gasteiger partial charge < -0.3 is 9.84 Å². The summed E-state index contributed by atoms with van der Waals surface area (Å²) >= 11 is 0. The number of aliphatic hydroxyl groups excluding tert-OH is 1. The predicted molar refractivity (Wildman–Crippen MR) is 55.3 cm³/mol. The zero-order valence-electron chi connectivity index (χ0n) is 9.87. The Morgan fingerprint density at radius 3 is 2.44 bits per heavy atom. The minimum atomic E-state index is -2.49. The van der Waals surface area contributed by atoms with E-state index in [4.69, 9.17) is 5.11 Å². The van der Waals surface area contributed by atoms with Crippen LogP contribution in [0.2, 0.25) is 0 Å². The van der Waals surface area contributed by atoms with Crippen LogP contribution in [-0.4, -0.2) is 55.8 Å². The van der Waals surface area contributed by atoms with Crippen LogP contribution < -0.4 is 0 Å². The number of esters is 1. The molecule has 0 rings (SSSR count). The normalized spacial score (nSPS) is 12.2. The lowest BCUT2D eigenvalue weighted by atomic mass is 9.93. The van der Waals surface area contributed by atoms with Gasteiger partial charge in [0.15, 0.2) is 0 Å². The van der Waals surface area contributed by atoms with Gasteiger partial charge in [0.1, 0.15) is 0 Å². The smallest absolute Gasteiger partial charge is 0.312 e. The van der Waals surface area contributed by atoms with Crippen LogP contribution in [0.4, 0.5) is 8.78 Å². The van der Waals surface area contributed by atoms with Crippen molar-refractivity contribution in [3.8, 4) is 0 Å². The quantitative estimate of drug-likeness (QED) is 0.666. The molecule has 0 amide bonds. The van der Waals surface area contributed by atoms with Crippen LogP contribution in [0.25, 0.3) is 0 Å². The summed E-state index contributed by atoms with van der Waals surface area (Å²) in [6.07, 6.45) is -2.49. The molecule has 0 aliphatic carbocycles. The van der Waals surface area contributed by atoms with Crippen molar-refractivity contribution in [1.29, 1.82) is 0 Å². The van der Waals surface area contributed by atoms with E-state index in [9.17, 15) is 13.6 Å². The number of hydrogen-bond acceptors (Lipinski definition) is 4. The van der Waals surface area contributed by atoms with Crippen molar-refractivity contribution in [3.63, 3.8) is 0 Å². The molecule has 6 heteroatoms. The second-order valence-corrected chi connectivity index (χ2v) is 4.23. The summed E-state index contributed by atoms with van der Waals surface area (Å²) in [6.45, 7) is 2.81. The molecule has 0 aliphatic rings. The molecule has 0 aromatic rings. The third-order valence-corrected chi connectivity index (χ3v) is 2.17. The average Bonchev–Trinajstić information content (AvgIpc) is 2.15. The molecule has 0 radical (unpaired) electrons. The van der Waals surface area contributed by atoms with Crippen molar-refractivity contribution in [1.82, 2.24) is 4.90 Å². The molecule has 1 N–H and O–H groups in total. The van der Waals surface area contributed by atoms with Crippen LogP contribution in [0.3, 0.4) is 0 Å². The van der Waals surface area contributed by atoms with Crippen LogP contribution in [0.15, 0.2) is 0 Å².